The third kappa shape index (κ3) is 4.61. The highest BCUT2D eigenvalue weighted by Gasteiger charge is 2.09. The van der Waals surface area contributed by atoms with Gasteiger partial charge in [-0.05, 0) is 40.6 Å². The van der Waals surface area contributed by atoms with Gasteiger partial charge in [0.1, 0.15) is 12.4 Å². The summed E-state index contributed by atoms with van der Waals surface area (Å²) in [5.41, 5.74) is 9.33. The molecule has 0 radical (unpaired) electrons. The number of rotatable bonds is 6. The van der Waals surface area contributed by atoms with Crippen molar-refractivity contribution in [2.45, 2.75) is 26.4 Å². The monoisotopic (exact) mass is 313 g/mol. The normalized spacial score (nSPS) is 16.4. The summed E-state index contributed by atoms with van der Waals surface area (Å²) in [4.78, 5) is 0. The second-order valence-corrected chi connectivity index (χ2v) is 6.86. The van der Waals surface area contributed by atoms with Gasteiger partial charge in [0.25, 0.3) is 0 Å². The van der Waals surface area contributed by atoms with E-state index in [0.717, 1.165) is 17.6 Å². The van der Waals surface area contributed by atoms with Crippen molar-refractivity contribution in [1.82, 2.24) is 0 Å². The van der Waals surface area contributed by atoms with Crippen LogP contribution in [0.25, 0.3) is 0 Å². The molecule has 22 heavy (non-hydrogen) atoms. The quantitative estimate of drug-likeness (QED) is 0.604. The zero-order valence-corrected chi connectivity index (χ0v) is 14.3. The van der Waals surface area contributed by atoms with Gasteiger partial charge >= 0.3 is 0 Å². The van der Waals surface area contributed by atoms with Crippen molar-refractivity contribution in [3.8, 4) is 0 Å². The minimum atomic E-state index is 0.565. The van der Waals surface area contributed by atoms with Crippen LogP contribution in [-0.4, -0.2) is 6.16 Å². The second-order valence-electron chi connectivity index (χ2n) is 5.61. The van der Waals surface area contributed by atoms with Gasteiger partial charge in [-0.2, -0.15) is 0 Å². The van der Waals surface area contributed by atoms with Crippen LogP contribution in [0.15, 0.2) is 71.9 Å². The molecule has 1 atom stereocenters. The van der Waals surface area contributed by atoms with Crippen molar-refractivity contribution < 1.29 is 4.74 Å². The fourth-order valence-electron chi connectivity index (χ4n) is 2.17. The fourth-order valence-corrected chi connectivity index (χ4v) is 3.24. The van der Waals surface area contributed by atoms with E-state index in [9.17, 15) is 0 Å². The highest BCUT2D eigenvalue weighted by Crippen LogP contribution is 2.34. The molecule has 0 aliphatic carbocycles. The van der Waals surface area contributed by atoms with Crippen LogP contribution >= 0.6 is 8.58 Å². The molecule has 0 amide bonds. The van der Waals surface area contributed by atoms with E-state index < -0.39 is 0 Å². The summed E-state index contributed by atoms with van der Waals surface area (Å²) >= 11 is 0. The SMILES string of the molecule is C=C/C=C(\N)C1=CC=C(OCc2ccc(C(C)C)cc2)CP1. The third-order valence-electron chi connectivity index (χ3n) is 3.57. The number of nitrogens with two attached hydrogens (primary N) is 1. The van der Waals surface area contributed by atoms with Gasteiger partial charge in [-0.1, -0.05) is 59.3 Å². The Hall–Kier alpha value is -1.79. The Bertz CT molecular complexity index is 609. The standard InChI is InChI=1S/C19H24NOP/c1-4-5-18(20)19-11-10-17(13-22-19)21-12-15-6-8-16(9-7-15)14(2)3/h4-11,14,22H,1,12-13,20H2,2-3H3/b18-5-. The molecule has 2 rings (SSSR count). The van der Waals surface area contributed by atoms with E-state index >= 15 is 0 Å². The van der Waals surface area contributed by atoms with Gasteiger partial charge in [0.15, 0.2) is 0 Å². The molecule has 0 bridgehead atoms. The molecule has 2 N–H and O–H groups in total. The molecule has 1 aromatic carbocycles. The molecule has 116 valence electrons. The van der Waals surface area contributed by atoms with Crippen LogP contribution in [0.1, 0.15) is 30.9 Å². The fraction of sp³-hybridized carbons (Fsp3) is 0.263. The van der Waals surface area contributed by atoms with Crippen LogP contribution in [0.2, 0.25) is 0 Å². The van der Waals surface area contributed by atoms with E-state index in [2.05, 4.69) is 50.8 Å². The van der Waals surface area contributed by atoms with Crippen molar-refractivity contribution in [1.29, 1.82) is 0 Å². The largest absolute Gasteiger partial charge is 0.493 e. The maximum absolute atomic E-state index is 5.97. The molecule has 1 heterocycles. The summed E-state index contributed by atoms with van der Waals surface area (Å²) in [6.07, 6.45) is 8.56. The second kappa shape index (κ2) is 8.00. The Balaban J connectivity index is 1.92. The summed E-state index contributed by atoms with van der Waals surface area (Å²) in [5, 5.41) is 1.17. The van der Waals surface area contributed by atoms with Gasteiger partial charge < -0.3 is 10.5 Å². The van der Waals surface area contributed by atoms with E-state index in [1.165, 1.54) is 16.4 Å². The first-order chi connectivity index (χ1) is 10.6. The summed E-state index contributed by atoms with van der Waals surface area (Å²) in [7, 11) is 0.652. The molecule has 3 heteroatoms. The summed E-state index contributed by atoms with van der Waals surface area (Å²) in [6.45, 7) is 8.70. The van der Waals surface area contributed by atoms with E-state index in [1.54, 1.807) is 6.08 Å². The molecule has 2 nitrogen and oxygen atoms in total. The van der Waals surface area contributed by atoms with Gasteiger partial charge in [0.2, 0.25) is 0 Å². The lowest BCUT2D eigenvalue weighted by Crippen LogP contribution is -2.03. The molecule has 1 aliphatic rings. The van der Waals surface area contributed by atoms with Crippen LogP contribution in [0.4, 0.5) is 0 Å². The minimum absolute atomic E-state index is 0.565. The Labute approximate surface area is 135 Å². The average molecular weight is 313 g/mol. The van der Waals surface area contributed by atoms with Crippen LogP contribution in [0, 0.1) is 0 Å². The van der Waals surface area contributed by atoms with Crippen molar-refractivity contribution >= 4 is 8.58 Å². The first kappa shape index (κ1) is 16.6. The average Bonchev–Trinajstić information content (AvgIpc) is 2.54. The number of ether oxygens (including phenoxy) is 1. The third-order valence-corrected chi connectivity index (χ3v) is 4.93. The maximum Gasteiger partial charge on any atom is 0.113 e. The smallest absolute Gasteiger partial charge is 0.113 e. The Morgan fingerprint density at radius 2 is 2.05 bits per heavy atom. The lowest BCUT2D eigenvalue weighted by atomic mass is 10.0. The number of benzene rings is 1. The zero-order valence-electron chi connectivity index (χ0n) is 13.3. The van der Waals surface area contributed by atoms with E-state index in [-0.39, 0.29) is 0 Å². The predicted octanol–water partition coefficient (Wildman–Crippen LogP) is 4.82. The van der Waals surface area contributed by atoms with Crippen LogP contribution in [0.5, 0.6) is 0 Å². The number of hydrogen-bond acceptors (Lipinski definition) is 2. The van der Waals surface area contributed by atoms with Gasteiger partial charge in [-0.25, -0.2) is 0 Å². The molecule has 0 fully saturated rings. The summed E-state index contributed by atoms with van der Waals surface area (Å²) in [5.74, 6) is 1.59. The first-order valence-electron chi connectivity index (χ1n) is 7.55. The van der Waals surface area contributed by atoms with Gasteiger partial charge in [0, 0.05) is 11.9 Å². The molecule has 1 unspecified atom stereocenters. The highest BCUT2D eigenvalue weighted by atomic mass is 31.1. The van der Waals surface area contributed by atoms with Crippen molar-refractivity contribution in [3.05, 3.63) is 83.0 Å². The van der Waals surface area contributed by atoms with E-state index in [0.29, 0.717) is 21.1 Å². The minimum Gasteiger partial charge on any atom is -0.493 e. The van der Waals surface area contributed by atoms with Gasteiger partial charge in [0.05, 0.1) is 0 Å². The Morgan fingerprint density at radius 3 is 2.59 bits per heavy atom. The van der Waals surface area contributed by atoms with Crippen LogP contribution in [-0.2, 0) is 11.3 Å². The van der Waals surface area contributed by atoms with Crippen molar-refractivity contribution in [2.75, 3.05) is 6.16 Å². The molecule has 0 spiro atoms. The first-order valence-corrected chi connectivity index (χ1v) is 8.75. The van der Waals surface area contributed by atoms with Crippen LogP contribution < -0.4 is 5.73 Å². The lowest BCUT2D eigenvalue weighted by molar-refractivity contribution is 0.202. The molecule has 0 saturated carbocycles. The van der Waals surface area contributed by atoms with E-state index in [1.807, 2.05) is 12.2 Å². The molecular weight excluding hydrogens is 289 g/mol. The van der Waals surface area contributed by atoms with Gasteiger partial charge in [-0.3, -0.25) is 0 Å². The Kier molecular flexibility index (Phi) is 6.03. The molecule has 1 aliphatic heterocycles. The molecular formula is C19H24NOP. The maximum atomic E-state index is 5.97. The molecule has 0 saturated heterocycles. The number of hydrogen-bond donors (Lipinski definition) is 1. The molecule has 0 aromatic heterocycles. The summed E-state index contributed by atoms with van der Waals surface area (Å²) < 4.78 is 5.90. The van der Waals surface area contributed by atoms with Crippen molar-refractivity contribution in [3.63, 3.8) is 0 Å². The summed E-state index contributed by atoms with van der Waals surface area (Å²) in [6, 6.07) is 8.65. The number of allylic oxidation sites excluding steroid dienone is 6. The van der Waals surface area contributed by atoms with E-state index in [4.69, 9.17) is 10.5 Å². The van der Waals surface area contributed by atoms with Crippen LogP contribution in [0.3, 0.4) is 0 Å². The predicted molar refractivity (Wildman–Crippen MR) is 97.1 cm³/mol. The van der Waals surface area contributed by atoms with Gasteiger partial charge in [-0.15, -0.1) is 0 Å². The Morgan fingerprint density at radius 1 is 1.32 bits per heavy atom. The zero-order chi connectivity index (χ0) is 15.9. The van der Waals surface area contributed by atoms with Crippen molar-refractivity contribution in [2.24, 2.45) is 5.73 Å². The highest BCUT2D eigenvalue weighted by molar-refractivity contribution is 7.43. The lowest BCUT2D eigenvalue weighted by Gasteiger charge is -2.16. The topological polar surface area (TPSA) is 35.2 Å². The molecule has 1 aromatic rings.